The molecule has 0 spiro atoms. The number of hydrogen-bond acceptors (Lipinski definition) is 4. The molecule has 1 aliphatic heterocycles. The van der Waals surface area contributed by atoms with Crippen LogP contribution in [0.1, 0.15) is 27.7 Å². The molecule has 0 aliphatic carbocycles. The number of nitrogens with two attached hydrogens (primary N) is 1. The van der Waals surface area contributed by atoms with Crippen molar-refractivity contribution in [1.29, 1.82) is 0 Å². The molecule has 0 fully saturated rings. The van der Waals surface area contributed by atoms with E-state index in [-0.39, 0.29) is 0 Å². The first-order valence-electron chi connectivity index (χ1n) is 5.14. The lowest BCUT2D eigenvalue weighted by Crippen LogP contribution is -2.21. The zero-order valence-corrected chi connectivity index (χ0v) is 9.91. The Balaban J connectivity index is 0.000000921. The van der Waals surface area contributed by atoms with E-state index in [1.54, 1.807) is 12.4 Å². The van der Waals surface area contributed by atoms with Crippen LogP contribution in [0.2, 0.25) is 0 Å². The lowest BCUT2D eigenvalue weighted by atomic mass is 10.2. The summed E-state index contributed by atoms with van der Waals surface area (Å²) >= 11 is 0. The number of hydrogen-bond donors (Lipinski definition) is 2. The summed E-state index contributed by atoms with van der Waals surface area (Å²) in [6.07, 6.45) is 5.18. The molecule has 0 aromatic carbocycles. The van der Waals surface area contributed by atoms with Crippen molar-refractivity contribution in [1.82, 2.24) is 5.32 Å². The van der Waals surface area contributed by atoms with Gasteiger partial charge in [-0.05, 0) is 13.8 Å². The van der Waals surface area contributed by atoms with Crippen molar-refractivity contribution in [3.05, 3.63) is 23.7 Å². The second-order valence-corrected chi connectivity index (χ2v) is 2.71. The summed E-state index contributed by atoms with van der Waals surface area (Å²) in [5, 5.41) is 3.00. The lowest BCUT2D eigenvalue weighted by molar-refractivity contribution is 1.01. The van der Waals surface area contributed by atoms with Gasteiger partial charge in [0.2, 0.25) is 0 Å². The summed E-state index contributed by atoms with van der Waals surface area (Å²) in [4.78, 5) is 8.14. The van der Waals surface area contributed by atoms with Crippen LogP contribution < -0.4 is 11.1 Å². The monoisotopic (exact) mass is 208 g/mol. The highest BCUT2D eigenvalue weighted by molar-refractivity contribution is 5.81. The molecule has 0 atom stereocenters. The van der Waals surface area contributed by atoms with E-state index in [0.29, 0.717) is 12.2 Å². The van der Waals surface area contributed by atoms with E-state index in [0.717, 1.165) is 11.4 Å². The highest BCUT2D eigenvalue weighted by Crippen LogP contribution is 2.06. The summed E-state index contributed by atoms with van der Waals surface area (Å²) in [6.45, 7) is 8.39. The number of aliphatic imine (C=N–C) groups is 2. The topological polar surface area (TPSA) is 62.8 Å². The molecule has 0 aromatic heterocycles. The minimum atomic E-state index is 0.625. The Bertz CT molecular complexity index is 298. The molecule has 1 rings (SSSR count). The fourth-order valence-corrected chi connectivity index (χ4v) is 0.899. The Morgan fingerprint density at radius 1 is 1.60 bits per heavy atom. The maximum Gasteiger partial charge on any atom is 0.0975 e. The summed E-state index contributed by atoms with van der Waals surface area (Å²) in [5.74, 6) is 0.913. The number of nitrogens with zero attached hydrogens (tertiary/aromatic N) is 2. The van der Waals surface area contributed by atoms with Crippen LogP contribution in [0.3, 0.4) is 0 Å². The van der Waals surface area contributed by atoms with Gasteiger partial charge in [0.1, 0.15) is 0 Å². The highest BCUT2D eigenvalue weighted by atomic mass is 15.0. The molecule has 0 aromatic rings. The molecule has 4 nitrogen and oxygen atoms in total. The van der Waals surface area contributed by atoms with Gasteiger partial charge in [-0.2, -0.15) is 0 Å². The van der Waals surface area contributed by atoms with Gasteiger partial charge in [0, 0.05) is 24.2 Å². The number of rotatable bonds is 2. The molecule has 0 bridgehead atoms. The van der Waals surface area contributed by atoms with Gasteiger partial charge in [-0.25, -0.2) is 0 Å². The summed E-state index contributed by atoms with van der Waals surface area (Å²) in [6, 6.07) is 0. The summed E-state index contributed by atoms with van der Waals surface area (Å²) in [5.41, 5.74) is 7.37. The first kappa shape index (κ1) is 13.4. The summed E-state index contributed by atoms with van der Waals surface area (Å²) in [7, 11) is 0. The predicted molar refractivity (Wildman–Crippen MR) is 67.0 cm³/mol. The number of nitrogens with one attached hydrogen (secondary N) is 1. The van der Waals surface area contributed by atoms with Crippen molar-refractivity contribution in [2.75, 3.05) is 6.54 Å². The molecular formula is C11H20N4. The maximum atomic E-state index is 5.75. The molecule has 0 saturated heterocycles. The van der Waals surface area contributed by atoms with Crippen LogP contribution in [0.5, 0.6) is 0 Å². The minimum Gasteiger partial charge on any atom is -0.397 e. The van der Waals surface area contributed by atoms with Crippen molar-refractivity contribution in [3.63, 3.8) is 0 Å². The standard InChI is InChI=1S/C9H14N4.C2H6/c1-3-11-6-9(10)8-4-12-7(2)13-5-8;1-2/h3-4,6H,5,10H2,1-2H3,(H,12,13);1-2H3/b9-6-,11-3?;. The van der Waals surface area contributed by atoms with E-state index in [4.69, 9.17) is 5.73 Å². The Labute approximate surface area is 91.7 Å². The first-order valence-corrected chi connectivity index (χ1v) is 5.14. The fraction of sp³-hybridized carbons (Fsp3) is 0.455. The molecule has 15 heavy (non-hydrogen) atoms. The quantitative estimate of drug-likeness (QED) is 0.680. The third kappa shape index (κ3) is 5.00. The van der Waals surface area contributed by atoms with E-state index >= 15 is 0 Å². The SMILES string of the molecule is CC.CC=N/C=C(\N)C1=CNC(C)=NC1. The van der Waals surface area contributed by atoms with Crippen molar-refractivity contribution in [3.8, 4) is 0 Å². The molecule has 0 unspecified atom stereocenters. The molecule has 1 heterocycles. The molecule has 3 N–H and O–H groups in total. The summed E-state index contributed by atoms with van der Waals surface area (Å²) < 4.78 is 0. The van der Waals surface area contributed by atoms with Crippen molar-refractivity contribution >= 4 is 12.1 Å². The van der Waals surface area contributed by atoms with Crippen LogP contribution in [0.4, 0.5) is 0 Å². The van der Waals surface area contributed by atoms with E-state index in [2.05, 4.69) is 15.3 Å². The van der Waals surface area contributed by atoms with Crippen LogP contribution >= 0.6 is 0 Å². The van der Waals surface area contributed by atoms with Gasteiger partial charge in [0.25, 0.3) is 0 Å². The van der Waals surface area contributed by atoms with Gasteiger partial charge in [0.15, 0.2) is 0 Å². The molecule has 0 saturated carbocycles. The Kier molecular flexibility index (Phi) is 6.97. The van der Waals surface area contributed by atoms with E-state index < -0.39 is 0 Å². The highest BCUT2D eigenvalue weighted by Gasteiger charge is 2.04. The zero-order chi connectivity index (χ0) is 11.7. The number of amidine groups is 1. The normalized spacial score (nSPS) is 16.1. The Morgan fingerprint density at radius 3 is 2.73 bits per heavy atom. The van der Waals surface area contributed by atoms with E-state index in [1.807, 2.05) is 33.9 Å². The molecule has 84 valence electrons. The van der Waals surface area contributed by atoms with Crippen LogP contribution in [0.25, 0.3) is 0 Å². The zero-order valence-electron chi connectivity index (χ0n) is 9.91. The molecule has 4 heteroatoms. The van der Waals surface area contributed by atoms with Gasteiger partial charge in [-0.3, -0.25) is 9.98 Å². The van der Waals surface area contributed by atoms with Gasteiger partial charge in [-0.15, -0.1) is 0 Å². The largest absolute Gasteiger partial charge is 0.397 e. The molecular weight excluding hydrogens is 188 g/mol. The van der Waals surface area contributed by atoms with Gasteiger partial charge in [-0.1, -0.05) is 13.8 Å². The first-order chi connectivity index (χ1) is 7.24. The van der Waals surface area contributed by atoms with Crippen LogP contribution in [0, 0.1) is 0 Å². The Morgan fingerprint density at radius 2 is 2.27 bits per heavy atom. The minimum absolute atomic E-state index is 0.625. The lowest BCUT2D eigenvalue weighted by Gasteiger charge is -2.11. The maximum absolute atomic E-state index is 5.75. The van der Waals surface area contributed by atoms with Crippen molar-refractivity contribution < 1.29 is 0 Å². The van der Waals surface area contributed by atoms with Crippen LogP contribution in [-0.2, 0) is 0 Å². The predicted octanol–water partition coefficient (Wildman–Crippen LogP) is 1.81. The van der Waals surface area contributed by atoms with Crippen LogP contribution in [-0.4, -0.2) is 18.6 Å². The van der Waals surface area contributed by atoms with E-state index in [9.17, 15) is 0 Å². The Hall–Kier alpha value is -1.58. The van der Waals surface area contributed by atoms with E-state index in [1.165, 1.54) is 0 Å². The average Bonchev–Trinajstić information content (AvgIpc) is 2.29. The average molecular weight is 208 g/mol. The van der Waals surface area contributed by atoms with Crippen molar-refractivity contribution in [2.24, 2.45) is 15.7 Å². The second kappa shape index (κ2) is 7.79. The van der Waals surface area contributed by atoms with Gasteiger partial charge < -0.3 is 11.1 Å². The molecule has 1 aliphatic rings. The van der Waals surface area contributed by atoms with Gasteiger partial charge in [0.05, 0.1) is 18.1 Å². The second-order valence-electron chi connectivity index (χ2n) is 2.71. The molecule has 0 amide bonds. The van der Waals surface area contributed by atoms with Crippen LogP contribution in [0.15, 0.2) is 33.7 Å². The van der Waals surface area contributed by atoms with Gasteiger partial charge >= 0.3 is 0 Å². The third-order valence-corrected chi connectivity index (χ3v) is 1.68. The molecule has 0 radical (unpaired) electrons. The smallest absolute Gasteiger partial charge is 0.0975 e. The fourth-order valence-electron chi connectivity index (χ4n) is 0.899. The third-order valence-electron chi connectivity index (χ3n) is 1.68. The van der Waals surface area contributed by atoms with Crippen molar-refractivity contribution in [2.45, 2.75) is 27.7 Å².